The lowest BCUT2D eigenvalue weighted by molar-refractivity contribution is -0.116. The topological polar surface area (TPSA) is 84.1 Å². The molecule has 30 heavy (non-hydrogen) atoms. The number of allylic oxidation sites excluding steroid dienone is 2. The molecule has 6 nitrogen and oxygen atoms in total. The molecule has 1 saturated heterocycles. The lowest BCUT2D eigenvalue weighted by Crippen LogP contribution is -2.33. The number of carbonyl (C=O) groups is 1. The van der Waals surface area contributed by atoms with Crippen molar-refractivity contribution in [2.75, 3.05) is 35.3 Å². The number of fused-ring (bicyclic) bond motifs is 1. The molecule has 1 aliphatic carbocycles. The second-order valence-electron chi connectivity index (χ2n) is 8.22. The van der Waals surface area contributed by atoms with Crippen molar-refractivity contribution in [3.05, 3.63) is 46.7 Å². The summed E-state index contributed by atoms with van der Waals surface area (Å²) in [5.74, 6) is 1.91. The van der Waals surface area contributed by atoms with E-state index in [9.17, 15) is 4.79 Å². The third kappa shape index (κ3) is 3.35. The van der Waals surface area contributed by atoms with Gasteiger partial charge in [0.1, 0.15) is 11.6 Å². The van der Waals surface area contributed by atoms with Crippen molar-refractivity contribution in [1.29, 1.82) is 0 Å². The first-order chi connectivity index (χ1) is 14.7. The van der Waals surface area contributed by atoms with Crippen LogP contribution in [0, 0.1) is 0 Å². The molecule has 0 amide bonds. The average molecular weight is 422 g/mol. The van der Waals surface area contributed by atoms with Crippen molar-refractivity contribution < 1.29 is 4.79 Å². The van der Waals surface area contributed by atoms with Crippen LogP contribution in [0.25, 0.3) is 0 Å². The lowest BCUT2D eigenvalue weighted by Gasteiger charge is -2.35. The van der Waals surface area contributed by atoms with E-state index < -0.39 is 0 Å². The number of nitrogens with two attached hydrogens (primary N) is 1. The van der Waals surface area contributed by atoms with Crippen LogP contribution in [-0.2, 0) is 4.79 Å². The Morgan fingerprint density at radius 1 is 1.07 bits per heavy atom. The second kappa shape index (κ2) is 7.95. The molecular formula is C23H27N5OS. The molecule has 0 saturated carbocycles. The quantitative estimate of drug-likeness (QED) is 0.713. The first kappa shape index (κ1) is 19.4. The van der Waals surface area contributed by atoms with E-state index in [0.29, 0.717) is 18.2 Å². The maximum Gasteiger partial charge on any atom is 0.229 e. The fourth-order valence-electron chi connectivity index (χ4n) is 4.84. The Hall–Kier alpha value is -2.54. The Balaban J connectivity index is 1.64. The summed E-state index contributed by atoms with van der Waals surface area (Å²) in [7, 11) is 0. The van der Waals surface area contributed by atoms with E-state index in [4.69, 9.17) is 15.7 Å². The first-order valence-corrected chi connectivity index (χ1v) is 12.0. The summed E-state index contributed by atoms with van der Waals surface area (Å²) in [5.41, 5.74) is 10.3. The molecule has 2 aliphatic heterocycles. The van der Waals surface area contributed by atoms with E-state index in [1.54, 1.807) is 11.8 Å². The van der Waals surface area contributed by atoms with E-state index in [1.807, 2.05) is 0 Å². The van der Waals surface area contributed by atoms with Gasteiger partial charge in [0.05, 0.1) is 0 Å². The fraction of sp³-hybridized carbons (Fsp3) is 0.435. The fourth-order valence-corrected chi connectivity index (χ4v) is 5.24. The molecule has 0 radical (unpaired) electrons. The molecule has 3 N–H and O–H groups in total. The van der Waals surface area contributed by atoms with Gasteiger partial charge in [0, 0.05) is 47.2 Å². The molecule has 0 bridgehead atoms. The van der Waals surface area contributed by atoms with Crippen LogP contribution in [-0.4, -0.2) is 35.1 Å². The Bertz CT molecular complexity index is 1010. The largest absolute Gasteiger partial charge is 0.383 e. The Morgan fingerprint density at radius 3 is 2.57 bits per heavy atom. The SMILES string of the molecule is CSc1ccc([C@H]2C3=C(CCCC3=O)Nc3nc(N4CCCCC4)nc(N)c32)cc1. The van der Waals surface area contributed by atoms with Gasteiger partial charge in [-0.1, -0.05) is 12.1 Å². The minimum atomic E-state index is -0.213. The average Bonchev–Trinajstić information content (AvgIpc) is 2.78. The van der Waals surface area contributed by atoms with Crippen molar-refractivity contribution in [2.45, 2.75) is 49.3 Å². The maximum absolute atomic E-state index is 13.0. The summed E-state index contributed by atoms with van der Waals surface area (Å²) in [5, 5.41) is 3.47. The van der Waals surface area contributed by atoms with Gasteiger partial charge in [0.2, 0.25) is 5.95 Å². The summed E-state index contributed by atoms with van der Waals surface area (Å²) in [4.78, 5) is 26.0. The number of nitrogens with one attached hydrogen (secondary N) is 1. The molecule has 7 heteroatoms. The number of anilines is 3. The normalized spacial score (nSPS) is 21.2. The zero-order valence-electron chi connectivity index (χ0n) is 17.3. The monoisotopic (exact) mass is 421 g/mol. The number of carbonyl (C=O) groups excluding carboxylic acids is 1. The van der Waals surface area contributed by atoms with Gasteiger partial charge in [-0.05, 0) is 56.1 Å². The minimum absolute atomic E-state index is 0.202. The predicted octanol–water partition coefficient (Wildman–Crippen LogP) is 4.34. The van der Waals surface area contributed by atoms with Crippen LogP contribution in [0.1, 0.15) is 55.6 Å². The summed E-state index contributed by atoms with van der Waals surface area (Å²) in [6.07, 6.45) is 7.95. The summed E-state index contributed by atoms with van der Waals surface area (Å²) < 4.78 is 0. The molecule has 1 aromatic carbocycles. The van der Waals surface area contributed by atoms with Crippen molar-refractivity contribution in [3.63, 3.8) is 0 Å². The highest BCUT2D eigenvalue weighted by atomic mass is 32.2. The van der Waals surface area contributed by atoms with Crippen LogP contribution in [0.2, 0.25) is 0 Å². The number of rotatable bonds is 3. The van der Waals surface area contributed by atoms with Gasteiger partial charge in [-0.3, -0.25) is 4.79 Å². The van der Waals surface area contributed by atoms with E-state index in [0.717, 1.165) is 67.0 Å². The van der Waals surface area contributed by atoms with Gasteiger partial charge in [-0.2, -0.15) is 9.97 Å². The van der Waals surface area contributed by atoms with E-state index in [1.165, 1.54) is 11.3 Å². The molecule has 3 heterocycles. The third-order valence-corrected chi connectivity index (χ3v) is 7.10. The molecule has 1 aromatic heterocycles. The summed E-state index contributed by atoms with van der Waals surface area (Å²) in [6, 6.07) is 8.43. The van der Waals surface area contributed by atoms with E-state index in [-0.39, 0.29) is 11.7 Å². The van der Waals surface area contributed by atoms with Crippen LogP contribution < -0.4 is 16.0 Å². The molecule has 0 spiro atoms. The van der Waals surface area contributed by atoms with Crippen molar-refractivity contribution in [1.82, 2.24) is 9.97 Å². The number of aromatic nitrogens is 2. The van der Waals surface area contributed by atoms with Crippen LogP contribution in [0.5, 0.6) is 0 Å². The molecule has 0 unspecified atom stereocenters. The molecular weight excluding hydrogens is 394 g/mol. The van der Waals surface area contributed by atoms with Gasteiger partial charge in [-0.15, -0.1) is 11.8 Å². The molecule has 156 valence electrons. The Morgan fingerprint density at radius 2 is 1.83 bits per heavy atom. The van der Waals surface area contributed by atoms with E-state index in [2.05, 4.69) is 40.7 Å². The van der Waals surface area contributed by atoms with Gasteiger partial charge >= 0.3 is 0 Å². The van der Waals surface area contributed by atoms with Gasteiger partial charge in [0.15, 0.2) is 5.78 Å². The molecule has 5 rings (SSSR count). The van der Waals surface area contributed by atoms with Crippen molar-refractivity contribution >= 4 is 35.1 Å². The summed E-state index contributed by atoms with van der Waals surface area (Å²) in [6.45, 7) is 1.93. The van der Waals surface area contributed by atoms with Crippen molar-refractivity contribution in [2.24, 2.45) is 0 Å². The number of nitrogen functional groups attached to an aromatic ring is 1. The lowest BCUT2D eigenvalue weighted by atomic mass is 9.76. The van der Waals surface area contributed by atoms with Crippen LogP contribution in [0.3, 0.4) is 0 Å². The third-order valence-electron chi connectivity index (χ3n) is 6.35. The highest BCUT2D eigenvalue weighted by molar-refractivity contribution is 7.98. The van der Waals surface area contributed by atoms with Gasteiger partial charge in [-0.25, -0.2) is 0 Å². The zero-order chi connectivity index (χ0) is 20.7. The number of benzene rings is 1. The number of hydrogen-bond acceptors (Lipinski definition) is 7. The molecule has 1 atom stereocenters. The minimum Gasteiger partial charge on any atom is -0.383 e. The van der Waals surface area contributed by atoms with Crippen LogP contribution in [0.4, 0.5) is 17.6 Å². The number of nitrogens with zero attached hydrogens (tertiary/aromatic N) is 3. The summed E-state index contributed by atoms with van der Waals surface area (Å²) >= 11 is 1.71. The zero-order valence-corrected chi connectivity index (χ0v) is 18.1. The highest BCUT2D eigenvalue weighted by Crippen LogP contribution is 2.47. The molecule has 2 aromatic rings. The van der Waals surface area contributed by atoms with E-state index >= 15 is 0 Å². The highest BCUT2D eigenvalue weighted by Gasteiger charge is 2.38. The maximum atomic E-state index is 13.0. The first-order valence-electron chi connectivity index (χ1n) is 10.8. The van der Waals surface area contributed by atoms with Crippen LogP contribution >= 0.6 is 11.8 Å². The number of thioether (sulfide) groups is 1. The van der Waals surface area contributed by atoms with Crippen LogP contribution in [0.15, 0.2) is 40.4 Å². The van der Waals surface area contributed by atoms with Gasteiger partial charge in [0.25, 0.3) is 0 Å². The number of hydrogen-bond donors (Lipinski definition) is 2. The standard InChI is InChI=1S/C23H27N5OS/c1-30-15-10-8-14(9-11-15)18-19-16(6-5-7-17(19)29)25-22-20(18)21(24)26-23(27-22)28-12-3-2-4-13-28/h8-11,18H,2-7,12-13H2,1H3,(H3,24,25,26,27)/t18-/m0/s1. The van der Waals surface area contributed by atoms with Crippen molar-refractivity contribution in [3.8, 4) is 0 Å². The second-order valence-corrected chi connectivity index (χ2v) is 9.10. The number of Topliss-reactive ketones (excluding diaryl/α,β-unsaturated/α-hetero) is 1. The Kier molecular flexibility index (Phi) is 5.15. The van der Waals surface area contributed by atoms with Gasteiger partial charge < -0.3 is 16.0 Å². The predicted molar refractivity (Wildman–Crippen MR) is 122 cm³/mol. The smallest absolute Gasteiger partial charge is 0.229 e. The number of piperidine rings is 1. The molecule has 1 fully saturated rings. The Labute approximate surface area is 181 Å². The number of ketones is 1. The molecule has 3 aliphatic rings.